The van der Waals surface area contributed by atoms with Gasteiger partial charge in [0.05, 0.1) is 39.1 Å². The third-order valence-electron chi connectivity index (χ3n) is 2.11. The van der Waals surface area contributed by atoms with Crippen molar-refractivity contribution in [1.29, 1.82) is 0 Å². The summed E-state index contributed by atoms with van der Waals surface area (Å²) in [6, 6.07) is 0. The Morgan fingerprint density at radius 2 is 1.80 bits per heavy atom. The van der Waals surface area contributed by atoms with Crippen molar-refractivity contribution < 1.29 is 19.7 Å². The van der Waals surface area contributed by atoms with Crippen LogP contribution in [0.5, 0.6) is 0 Å². The van der Waals surface area contributed by atoms with Gasteiger partial charge in [-0.2, -0.15) is 0 Å². The molecule has 2 N–H and O–H groups in total. The van der Waals surface area contributed by atoms with Crippen LogP contribution >= 0.6 is 0 Å². The molecule has 0 saturated heterocycles. The lowest BCUT2D eigenvalue weighted by Gasteiger charge is -2.17. The number of rotatable bonds is 11. The molecule has 0 saturated carbocycles. The Bertz CT molecular complexity index is 109. The van der Waals surface area contributed by atoms with Gasteiger partial charge in [-0.05, 0) is 6.42 Å². The van der Waals surface area contributed by atoms with Crippen LogP contribution in [0.2, 0.25) is 0 Å². The molecule has 0 spiro atoms. The largest absolute Gasteiger partial charge is 0.394 e. The second-order valence-electron chi connectivity index (χ2n) is 3.51. The van der Waals surface area contributed by atoms with Crippen LogP contribution in [0.25, 0.3) is 0 Å². The van der Waals surface area contributed by atoms with Crippen molar-refractivity contribution in [2.24, 2.45) is 0 Å². The lowest BCUT2D eigenvalue weighted by atomic mass is 10.1. The van der Waals surface area contributed by atoms with Gasteiger partial charge in [-0.25, -0.2) is 0 Å². The zero-order valence-electron chi connectivity index (χ0n) is 9.65. The quantitative estimate of drug-likeness (QED) is 0.509. The predicted octanol–water partition coefficient (Wildman–Crippen LogP) is 0.953. The van der Waals surface area contributed by atoms with Crippen LogP contribution in [0, 0.1) is 0 Å². The van der Waals surface area contributed by atoms with E-state index in [2.05, 4.69) is 6.92 Å². The fourth-order valence-corrected chi connectivity index (χ4v) is 1.34. The van der Waals surface area contributed by atoms with Gasteiger partial charge in [0.25, 0.3) is 0 Å². The Balaban J connectivity index is 3.53. The van der Waals surface area contributed by atoms with E-state index >= 15 is 0 Å². The molecule has 0 rings (SSSR count). The first-order chi connectivity index (χ1) is 7.35. The van der Waals surface area contributed by atoms with Gasteiger partial charge in [0, 0.05) is 0 Å². The molecule has 0 aliphatic carbocycles. The molecule has 0 aromatic carbocycles. The van der Waals surface area contributed by atoms with Gasteiger partial charge >= 0.3 is 0 Å². The Morgan fingerprint density at radius 3 is 2.40 bits per heavy atom. The SMILES string of the molecule is CCCCCC(COCCO)OCCO. The molecule has 0 amide bonds. The van der Waals surface area contributed by atoms with Gasteiger partial charge < -0.3 is 19.7 Å². The van der Waals surface area contributed by atoms with Crippen LogP contribution in [0.4, 0.5) is 0 Å². The van der Waals surface area contributed by atoms with E-state index in [0.717, 1.165) is 12.8 Å². The first kappa shape index (κ1) is 14.8. The molecule has 0 aliphatic heterocycles. The first-order valence-corrected chi connectivity index (χ1v) is 5.76. The van der Waals surface area contributed by atoms with Crippen LogP contribution in [0.3, 0.4) is 0 Å². The third kappa shape index (κ3) is 10.1. The van der Waals surface area contributed by atoms with E-state index in [4.69, 9.17) is 19.7 Å². The molecule has 4 heteroatoms. The van der Waals surface area contributed by atoms with E-state index in [1.807, 2.05) is 0 Å². The Kier molecular flexibility index (Phi) is 11.8. The molecule has 0 radical (unpaired) electrons. The highest BCUT2D eigenvalue weighted by molar-refractivity contribution is 4.57. The van der Waals surface area contributed by atoms with E-state index in [1.54, 1.807) is 0 Å². The number of unbranched alkanes of at least 4 members (excludes halogenated alkanes) is 2. The fraction of sp³-hybridized carbons (Fsp3) is 1.00. The summed E-state index contributed by atoms with van der Waals surface area (Å²) in [6.07, 6.45) is 4.51. The van der Waals surface area contributed by atoms with Crippen molar-refractivity contribution in [2.75, 3.05) is 33.0 Å². The number of aliphatic hydroxyl groups excluding tert-OH is 2. The second-order valence-corrected chi connectivity index (χ2v) is 3.51. The lowest BCUT2D eigenvalue weighted by molar-refractivity contribution is -0.0375. The smallest absolute Gasteiger partial charge is 0.0809 e. The maximum Gasteiger partial charge on any atom is 0.0809 e. The standard InChI is InChI=1S/C11H24O4/c1-2-3-4-5-11(15-9-7-13)10-14-8-6-12/h11-13H,2-10H2,1H3. The molecule has 0 aliphatic rings. The maximum absolute atomic E-state index is 8.65. The van der Waals surface area contributed by atoms with E-state index < -0.39 is 0 Å². The Hall–Kier alpha value is -0.160. The molecule has 0 heterocycles. The van der Waals surface area contributed by atoms with Crippen molar-refractivity contribution in [3.8, 4) is 0 Å². The van der Waals surface area contributed by atoms with Crippen molar-refractivity contribution in [1.82, 2.24) is 0 Å². The van der Waals surface area contributed by atoms with Crippen LogP contribution in [0.1, 0.15) is 32.6 Å². The molecule has 0 bridgehead atoms. The summed E-state index contributed by atoms with van der Waals surface area (Å²) >= 11 is 0. The minimum atomic E-state index is 0.0433. The van der Waals surface area contributed by atoms with Crippen LogP contribution < -0.4 is 0 Å². The molecular weight excluding hydrogens is 196 g/mol. The van der Waals surface area contributed by atoms with E-state index in [-0.39, 0.29) is 19.3 Å². The molecule has 4 nitrogen and oxygen atoms in total. The predicted molar refractivity (Wildman–Crippen MR) is 58.9 cm³/mol. The van der Waals surface area contributed by atoms with Crippen molar-refractivity contribution in [2.45, 2.75) is 38.7 Å². The summed E-state index contributed by atoms with van der Waals surface area (Å²) in [5.74, 6) is 0. The number of ether oxygens (including phenoxy) is 2. The topological polar surface area (TPSA) is 58.9 Å². The lowest BCUT2D eigenvalue weighted by Crippen LogP contribution is -2.22. The highest BCUT2D eigenvalue weighted by atomic mass is 16.5. The van der Waals surface area contributed by atoms with E-state index in [9.17, 15) is 0 Å². The summed E-state index contributed by atoms with van der Waals surface area (Å²) in [4.78, 5) is 0. The highest BCUT2D eigenvalue weighted by Gasteiger charge is 2.08. The minimum absolute atomic E-state index is 0.0433. The summed E-state index contributed by atoms with van der Waals surface area (Å²) in [6.45, 7) is 3.47. The Morgan fingerprint density at radius 1 is 1.07 bits per heavy atom. The Labute approximate surface area is 92.2 Å². The van der Waals surface area contributed by atoms with Gasteiger partial charge in [-0.15, -0.1) is 0 Å². The summed E-state index contributed by atoms with van der Waals surface area (Å²) in [5.41, 5.74) is 0. The van der Waals surface area contributed by atoms with Crippen LogP contribution in [-0.2, 0) is 9.47 Å². The first-order valence-electron chi connectivity index (χ1n) is 5.76. The molecule has 92 valence electrons. The van der Waals surface area contributed by atoms with Gasteiger partial charge in [0.1, 0.15) is 0 Å². The minimum Gasteiger partial charge on any atom is -0.394 e. The number of aliphatic hydroxyl groups is 2. The molecule has 1 atom stereocenters. The molecule has 0 fully saturated rings. The van der Waals surface area contributed by atoms with Crippen LogP contribution in [0.15, 0.2) is 0 Å². The molecule has 0 aromatic rings. The number of hydrogen-bond acceptors (Lipinski definition) is 4. The summed E-state index contributed by atoms with van der Waals surface area (Å²) in [5, 5.41) is 17.2. The average molecular weight is 220 g/mol. The van der Waals surface area contributed by atoms with Gasteiger partial charge in [-0.1, -0.05) is 26.2 Å². The van der Waals surface area contributed by atoms with Crippen molar-refractivity contribution in [3.63, 3.8) is 0 Å². The van der Waals surface area contributed by atoms with Gasteiger partial charge in [-0.3, -0.25) is 0 Å². The molecule has 1 unspecified atom stereocenters. The molecule has 15 heavy (non-hydrogen) atoms. The van der Waals surface area contributed by atoms with Crippen molar-refractivity contribution >= 4 is 0 Å². The van der Waals surface area contributed by atoms with Crippen LogP contribution in [-0.4, -0.2) is 49.4 Å². The highest BCUT2D eigenvalue weighted by Crippen LogP contribution is 2.07. The zero-order valence-corrected chi connectivity index (χ0v) is 9.65. The van der Waals surface area contributed by atoms with Gasteiger partial charge in [0.15, 0.2) is 0 Å². The van der Waals surface area contributed by atoms with E-state index in [1.165, 1.54) is 12.8 Å². The monoisotopic (exact) mass is 220 g/mol. The zero-order chi connectivity index (χ0) is 11.4. The molecule has 0 aromatic heterocycles. The van der Waals surface area contributed by atoms with Gasteiger partial charge in [0.2, 0.25) is 0 Å². The molecular formula is C11H24O4. The fourth-order valence-electron chi connectivity index (χ4n) is 1.34. The second kappa shape index (κ2) is 11.9. The van der Waals surface area contributed by atoms with Crippen molar-refractivity contribution in [3.05, 3.63) is 0 Å². The third-order valence-corrected chi connectivity index (χ3v) is 2.11. The number of hydrogen-bond donors (Lipinski definition) is 2. The maximum atomic E-state index is 8.65. The normalized spacial score (nSPS) is 13.0. The summed E-state index contributed by atoms with van der Waals surface area (Å²) < 4.78 is 10.6. The van der Waals surface area contributed by atoms with E-state index in [0.29, 0.717) is 19.8 Å². The summed E-state index contributed by atoms with van der Waals surface area (Å²) in [7, 11) is 0. The average Bonchev–Trinajstić information content (AvgIpc) is 2.25.